The van der Waals surface area contributed by atoms with Crippen molar-refractivity contribution in [2.24, 2.45) is 0 Å². The molecule has 0 unspecified atom stereocenters. The van der Waals surface area contributed by atoms with E-state index in [4.69, 9.17) is 24.7 Å². The van der Waals surface area contributed by atoms with Gasteiger partial charge < -0.3 is 40.0 Å². The number of nitrogen functional groups attached to an aromatic ring is 1. The van der Waals surface area contributed by atoms with Gasteiger partial charge >= 0.3 is 11.9 Å². The van der Waals surface area contributed by atoms with Crippen molar-refractivity contribution in [3.05, 3.63) is 120 Å². The van der Waals surface area contributed by atoms with Crippen LogP contribution in [0.5, 0.6) is 11.5 Å². The minimum atomic E-state index is -0.421. The summed E-state index contributed by atoms with van der Waals surface area (Å²) >= 11 is 0. The standard InChI is InChI=1S/C19H18N2O4.C18H18N2O3/c1-2-24-19(23)17-8-14-9-18(16(20-12-22)10-15(14)21-17)25-11-13-6-4-3-5-7-13;1-2-22-18(21)16-8-13-9-17(14(19)10-15(13)20-16)23-11-12-6-4-3-5-7-12/h3-10,12,21H,2,11H2,1H3,(H,20,22);3-10,20H,2,11,19H2,1H3. The quantitative estimate of drug-likeness (QED) is 0.0628. The smallest absolute Gasteiger partial charge is 0.354 e. The Bertz CT molecular complexity index is 2000. The van der Waals surface area contributed by atoms with E-state index in [1.54, 1.807) is 44.2 Å². The molecule has 48 heavy (non-hydrogen) atoms. The van der Waals surface area contributed by atoms with Gasteiger partial charge in [-0.15, -0.1) is 0 Å². The maximum absolute atomic E-state index is 11.9. The van der Waals surface area contributed by atoms with Crippen LogP contribution in [-0.4, -0.2) is 41.5 Å². The Kier molecular flexibility index (Phi) is 10.9. The summed E-state index contributed by atoms with van der Waals surface area (Å²) in [6.45, 7) is 4.97. The van der Waals surface area contributed by atoms with E-state index >= 15 is 0 Å². The highest BCUT2D eigenvalue weighted by Gasteiger charge is 2.15. The molecule has 0 aliphatic carbocycles. The second-order valence-corrected chi connectivity index (χ2v) is 10.5. The summed E-state index contributed by atoms with van der Waals surface area (Å²) < 4.78 is 21.6. The van der Waals surface area contributed by atoms with Crippen molar-refractivity contribution in [2.45, 2.75) is 27.1 Å². The molecule has 0 bridgehead atoms. The van der Waals surface area contributed by atoms with Crippen molar-refractivity contribution in [1.82, 2.24) is 9.97 Å². The van der Waals surface area contributed by atoms with Gasteiger partial charge in [0.15, 0.2) is 0 Å². The SMILES string of the molecule is CCOC(=O)c1cc2cc(OCc3ccccc3)c(N)cc2[nH]1.CCOC(=O)c1cc2cc(OCc3ccccc3)c(NC=O)cc2[nH]1. The largest absolute Gasteiger partial charge is 0.487 e. The highest BCUT2D eigenvalue weighted by atomic mass is 16.5. The molecular weight excluding hydrogens is 612 g/mol. The number of hydrogen-bond donors (Lipinski definition) is 4. The number of carbonyl (C=O) groups excluding carboxylic acids is 3. The van der Waals surface area contributed by atoms with Crippen LogP contribution in [0.1, 0.15) is 46.0 Å². The van der Waals surface area contributed by atoms with Gasteiger partial charge in [0.2, 0.25) is 6.41 Å². The molecular formula is C37H36N4O7. The van der Waals surface area contributed by atoms with Crippen LogP contribution in [0.4, 0.5) is 11.4 Å². The molecule has 246 valence electrons. The predicted octanol–water partition coefficient (Wildman–Crippen LogP) is 7.00. The molecule has 0 aliphatic heterocycles. The number of ether oxygens (including phenoxy) is 4. The van der Waals surface area contributed by atoms with Gasteiger partial charge in [0.1, 0.15) is 36.1 Å². The van der Waals surface area contributed by atoms with Crippen LogP contribution >= 0.6 is 0 Å². The molecule has 1 amide bonds. The highest BCUT2D eigenvalue weighted by molar-refractivity contribution is 5.98. The summed E-state index contributed by atoms with van der Waals surface area (Å²) in [6, 6.07) is 30.1. The third-order valence-corrected chi connectivity index (χ3v) is 7.15. The molecule has 0 radical (unpaired) electrons. The highest BCUT2D eigenvalue weighted by Crippen LogP contribution is 2.32. The Morgan fingerprint density at radius 3 is 1.67 bits per heavy atom. The van der Waals surface area contributed by atoms with Crippen LogP contribution < -0.4 is 20.5 Å². The molecule has 0 aliphatic rings. The lowest BCUT2D eigenvalue weighted by Gasteiger charge is -2.11. The lowest BCUT2D eigenvalue weighted by molar-refractivity contribution is -0.105. The molecule has 0 spiro atoms. The molecule has 0 saturated carbocycles. The first-order valence-electron chi connectivity index (χ1n) is 15.3. The Labute approximate surface area is 277 Å². The zero-order valence-electron chi connectivity index (χ0n) is 26.6. The molecule has 11 nitrogen and oxygen atoms in total. The van der Waals surface area contributed by atoms with Crippen molar-refractivity contribution in [3.8, 4) is 11.5 Å². The predicted molar refractivity (Wildman–Crippen MR) is 184 cm³/mol. The van der Waals surface area contributed by atoms with Crippen molar-refractivity contribution >= 4 is 51.5 Å². The number of fused-ring (bicyclic) bond motifs is 2. The molecule has 0 atom stereocenters. The van der Waals surface area contributed by atoms with Crippen LogP contribution in [0.3, 0.4) is 0 Å². The zero-order valence-corrected chi connectivity index (χ0v) is 26.6. The van der Waals surface area contributed by atoms with E-state index in [0.29, 0.717) is 72.6 Å². The van der Waals surface area contributed by atoms with Crippen LogP contribution in [0.25, 0.3) is 21.8 Å². The number of aromatic amines is 2. The van der Waals surface area contributed by atoms with Gasteiger partial charge in [-0.1, -0.05) is 60.7 Å². The zero-order chi connectivity index (χ0) is 33.9. The number of nitrogens with one attached hydrogen (secondary N) is 3. The summed E-state index contributed by atoms with van der Waals surface area (Å²) in [7, 11) is 0. The van der Waals surface area contributed by atoms with E-state index in [1.165, 1.54) is 0 Å². The minimum Gasteiger partial charge on any atom is -0.487 e. The second-order valence-electron chi connectivity index (χ2n) is 10.5. The maximum Gasteiger partial charge on any atom is 0.354 e. The van der Waals surface area contributed by atoms with E-state index in [1.807, 2.05) is 66.7 Å². The van der Waals surface area contributed by atoms with Gasteiger partial charge in [0.05, 0.1) is 24.6 Å². The van der Waals surface area contributed by atoms with Crippen molar-refractivity contribution in [2.75, 3.05) is 24.3 Å². The number of H-pyrrole nitrogens is 2. The fourth-order valence-corrected chi connectivity index (χ4v) is 4.87. The van der Waals surface area contributed by atoms with Crippen LogP contribution in [0.15, 0.2) is 97.1 Å². The molecule has 6 aromatic rings. The number of benzene rings is 4. The Morgan fingerprint density at radius 1 is 0.688 bits per heavy atom. The number of esters is 2. The summed E-state index contributed by atoms with van der Waals surface area (Å²) in [6.07, 6.45) is 0.589. The number of carbonyl (C=O) groups is 3. The first-order chi connectivity index (χ1) is 23.4. The van der Waals surface area contributed by atoms with E-state index in [2.05, 4.69) is 15.3 Å². The lowest BCUT2D eigenvalue weighted by atomic mass is 10.2. The number of rotatable bonds is 12. The maximum atomic E-state index is 11.9. The monoisotopic (exact) mass is 648 g/mol. The Morgan fingerprint density at radius 2 is 1.17 bits per heavy atom. The van der Waals surface area contributed by atoms with Crippen molar-refractivity contribution in [1.29, 1.82) is 0 Å². The Balaban J connectivity index is 0.000000188. The summed E-state index contributed by atoms with van der Waals surface area (Å²) in [5.74, 6) is 0.318. The summed E-state index contributed by atoms with van der Waals surface area (Å²) in [5.41, 5.74) is 11.4. The molecule has 2 aromatic heterocycles. The molecule has 6 rings (SSSR count). The van der Waals surface area contributed by atoms with Crippen LogP contribution in [-0.2, 0) is 27.5 Å². The van der Waals surface area contributed by atoms with E-state index in [-0.39, 0.29) is 5.97 Å². The third-order valence-electron chi connectivity index (χ3n) is 7.15. The molecule has 2 heterocycles. The molecule has 5 N–H and O–H groups in total. The summed E-state index contributed by atoms with van der Waals surface area (Å²) in [4.78, 5) is 40.5. The number of anilines is 2. The van der Waals surface area contributed by atoms with Gasteiger partial charge in [0, 0.05) is 21.8 Å². The topological polar surface area (TPSA) is 158 Å². The number of nitrogens with two attached hydrogens (primary N) is 1. The van der Waals surface area contributed by atoms with E-state index in [9.17, 15) is 14.4 Å². The van der Waals surface area contributed by atoms with Crippen LogP contribution in [0, 0.1) is 0 Å². The van der Waals surface area contributed by atoms with E-state index in [0.717, 1.165) is 27.4 Å². The fraction of sp³-hybridized carbons (Fsp3) is 0.162. The first-order valence-corrected chi connectivity index (χ1v) is 15.3. The third kappa shape index (κ3) is 8.32. The van der Waals surface area contributed by atoms with Crippen molar-refractivity contribution in [3.63, 3.8) is 0 Å². The number of hydrogen-bond acceptors (Lipinski definition) is 8. The molecule has 11 heteroatoms. The molecule has 0 saturated heterocycles. The van der Waals surface area contributed by atoms with Gasteiger partial charge in [0.25, 0.3) is 0 Å². The average molecular weight is 649 g/mol. The Hall–Kier alpha value is -6.23. The molecule has 0 fully saturated rings. The number of aromatic nitrogens is 2. The minimum absolute atomic E-state index is 0.303. The average Bonchev–Trinajstić information content (AvgIpc) is 3.71. The van der Waals surface area contributed by atoms with E-state index < -0.39 is 5.97 Å². The fourth-order valence-electron chi connectivity index (χ4n) is 4.87. The number of amides is 1. The van der Waals surface area contributed by atoms with Gasteiger partial charge in [-0.3, -0.25) is 4.79 Å². The lowest BCUT2D eigenvalue weighted by Crippen LogP contribution is -2.04. The second kappa shape index (κ2) is 15.9. The first kappa shape index (κ1) is 33.1. The molecule has 4 aromatic carbocycles. The van der Waals surface area contributed by atoms with Gasteiger partial charge in [-0.25, -0.2) is 9.59 Å². The summed E-state index contributed by atoms with van der Waals surface area (Å²) in [5, 5.41) is 4.27. The normalized spacial score (nSPS) is 10.5. The van der Waals surface area contributed by atoms with Gasteiger partial charge in [-0.2, -0.15) is 0 Å². The van der Waals surface area contributed by atoms with Crippen molar-refractivity contribution < 1.29 is 33.3 Å². The van der Waals surface area contributed by atoms with Gasteiger partial charge in [-0.05, 0) is 61.4 Å². The van der Waals surface area contributed by atoms with Crippen LogP contribution in [0.2, 0.25) is 0 Å².